The van der Waals surface area contributed by atoms with Crippen LogP contribution in [0.2, 0.25) is 0 Å². The Balaban J connectivity index is 1.63. The monoisotopic (exact) mass is 404 g/mol. The first-order valence-corrected chi connectivity index (χ1v) is 10.9. The lowest BCUT2D eigenvalue weighted by atomic mass is 10.0. The van der Waals surface area contributed by atoms with Crippen LogP contribution in [-0.2, 0) is 16.0 Å². The average molecular weight is 405 g/mol. The number of benzene rings is 1. The van der Waals surface area contributed by atoms with Crippen molar-refractivity contribution in [1.82, 2.24) is 10.3 Å². The summed E-state index contributed by atoms with van der Waals surface area (Å²) in [5.41, 5.74) is 1.94. The Hall–Kier alpha value is -1.89. The number of nitrogens with one attached hydrogen (secondary N) is 2. The molecule has 2 atom stereocenters. The van der Waals surface area contributed by atoms with Crippen molar-refractivity contribution < 1.29 is 19.7 Å². The molecule has 162 valence electrons. The molecule has 0 aliphatic carbocycles. The molecule has 6 heteroatoms. The highest BCUT2D eigenvalue weighted by Crippen LogP contribution is 2.19. The largest absolute Gasteiger partial charge is 0.480 e. The van der Waals surface area contributed by atoms with E-state index in [0.717, 1.165) is 29.3 Å². The van der Waals surface area contributed by atoms with E-state index in [2.05, 4.69) is 17.2 Å². The number of carbonyl (C=O) groups is 1. The fraction of sp³-hybridized carbons (Fsp3) is 0.609. The van der Waals surface area contributed by atoms with Crippen molar-refractivity contribution >= 4 is 16.9 Å². The Morgan fingerprint density at radius 3 is 2.62 bits per heavy atom. The number of aliphatic hydroxyl groups is 1. The third-order valence-electron chi connectivity index (χ3n) is 5.20. The minimum absolute atomic E-state index is 0.191. The zero-order valence-corrected chi connectivity index (χ0v) is 17.5. The predicted molar refractivity (Wildman–Crippen MR) is 116 cm³/mol. The molecule has 0 radical (unpaired) electrons. The molecule has 0 spiro atoms. The van der Waals surface area contributed by atoms with E-state index in [4.69, 9.17) is 4.74 Å². The predicted octanol–water partition coefficient (Wildman–Crippen LogP) is 3.88. The second-order valence-corrected chi connectivity index (χ2v) is 7.71. The number of hydrogen-bond acceptors (Lipinski definition) is 4. The number of aromatic nitrogens is 1. The molecule has 1 aromatic heterocycles. The van der Waals surface area contributed by atoms with Crippen LogP contribution in [-0.4, -0.2) is 53.1 Å². The normalized spacial score (nSPS) is 13.6. The van der Waals surface area contributed by atoms with Gasteiger partial charge in [0.05, 0.1) is 12.7 Å². The smallest absolute Gasteiger partial charge is 0.321 e. The molecule has 2 rings (SSSR count). The minimum Gasteiger partial charge on any atom is -0.480 e. The molecule has 1 heterocycles. The number of ether oxygens (including phenoxy) is 1. The number of aliphatic carboxylic acids is 1. The maximum Gasteiger partial charge on any atom is 0.321 e. The molecule has 0 aliphatic heterocycles. The Morgan fingerprint density at radius 1 is 1.14 bits per heavy atom. The Labute approximate surface area is 173 Å². The van der Waals surface area contributed by atoms with Gasteiger partial charge in [0.15, 0.2) is 0 Å². The van der Waals surface area contributed by atoms with Crippen molar-refractivity contribution in [3.8, 4) is 0 Å². The van der Waals surface area contributed by atoms with E-state index in [1.807, 2.05) is 30.5 Å². The van der Waals surface area contributed by atoms with Crippen LogP contribution in [0.3, 0.4) is 0 Å². The van der Waals surface area contributed by atoms with Gasteiger partial charge in [-0.3, -0.25) is 4.79 Å². The molecule has 0 saturated heterocycles. The van der Waals surface area contributed by atoms with Gasteiger partial charge in [0.2, 0.25) is 0 Å². The van der Waals surface area contributed by atoms with Crippen molar-refractivity contribution in [3.63, 3.8) is 0 Å². The molecular weight excluding hydrogens is 368 g/mol. The quantitative estimate of drug-likeness (QED) is 0.319. The minimum atomic E-state index is -0.925. The number of para-hydroxylation sites is 1. The summed E-state index contributed by atoms with van der Waals surface area (Å²) >= 11 is 0. The van der Waals surface area contributed by atoms with Crippen molar-refractivity contribution in [1.29, 1.82) is 0 Å². The maximum absolute atomic E-state index is 11.6. The molecule has 29 heavy (non-hydrogen) atoms. The molecule has 0 amide bonds. The van der Waals surface area contributed by atoms with Crippen molar-refractivity contribution in [2.45, 2.75) is 70.4 Å². The zero-order valence-electron chi connectivity index (χ0n) is 17.5. The summed E-state index contributed by atoms with van der Waals surface area (Å²) in [5, 5.41) is 23.6. The first-order chi connectivity index (χ1) is 14.1. The Kier molecular flexibility index (Phi) is 10.8. The highest BCUT2D eigenvalue weighted by molar-refractivity contribution is 5.84. The van der Waals surface area contributed by atoms with E-state index < -0.39 is 18.1 Å². The maximum atomic E-state index is 11.6. The zero-order chi connectivity index (χ0) is 20.9. The number of aliphatic hydroxyl groups excluding tert-OH is 1. The topological polar surface area (TPSA) is 94.6 Å². The fourth-order valence-corrected chi connectivity index (χ4v) is 3.49. The lowest BCUT2D eigenvalue weighted by Crippen LogP contribution is -2.43. The number of aromatic amines is 1. The number of carboxylic acid groups (broad SMARTS) is 1. The van der Waals surface area contributed by atoms with Gasteiger partial charge in [0, 0.05) is 36.7 Å². The number of carboxylic acids is 1. The van der Waals surface area contributed by atoms with E-state index in [9.17, 15) is 15.0 Å². The summed E-state index contributed by atoms with van der Waals surface area (Å²) < 4.78 is 5.54. The van der Waals surface area contributed by atoms with Crippen LogP contribution < -0.4 is 5.32 Å². The van der Waals surface area contributed by atoms with Crippen molar-refractivity contribution in [3.05, 3.63) is 36.0 Å². The lowest BCUT2D eigenvalue weighted by molar-refractivity contribution is -0.139. The van der Waals surface area contributed by atoms with Crippen LogP contribution in [0.25, 0.3) is 10.9 Å². The van der Waals surface area contributed by atoms with Crippen molar-refractivity contribution in [2.75, 3.05) is 19.8 Å². The van der Waals surface area contributed by atoms with Crippen LogP contribution in [0.15, 0.2) is 30.5 Å². The van der Waals surface area contributed by atoms with Crippen LogP contribution in [0.5, 0.6) is 0 Å². The summed E-state index contributed by atoms with van der Waals surface area (Å²) in [5.74, 6) is -0.925. The molecule has 1 aromatic carbocycles. The van der Waals surface area contributed by atoms with Crippen molar-refractivity contribution in [2.24, 2.45) is 0 Å². The van der Waals surface area contributed by atoms with Gasteiger partial charge in [0.25, 0.3) is 0 Å². The molecular formula is C23H36N2O4. The number of fused-ring (bicyclic) bond motifs is 1. The van der Waals surface area contributed by atoms with Gasteiger partial charge >= 0.3 is 5.97 Å². The highest BCUT2D eigenvalue weighted by Gasteiger charge is 2.20. The van der Waals surface area contributed by atoms with Crippen LogP contribution in [0.1, 0.15) is 57.4 Å². The Morgan fingerprint density at radius 2 is 1.86 bits per heavy atom. The van der Waals surface area contributed by atoms with E-state index in [1.54, 1.807) is 0 Å². The summed E-state index contributed by atoms with van der Waals surface area (Å²) in [7, 11) is 0. The third-order valence-corrected chi connectivity index (χ3v) is 5.20. The van der Waals surface area contributed by atoms with Crippen LogP contribution in [0, 0.1) is 0 Å². The molecule has 0 aliphatic rings. The summed E-state index contributed by atoms with van der Waals surface area (Å²) in [6, 6.07) is 7.07. The van der Waals surface area contributed by atoms with Gasteiger partial charge in [-0.25, -0.2) is 0 Å². The average Bonchev–Trinajstić information content (AvgIpc) is 3.12. The summed E-state index contributed by atoms with van der Waals surface area (Å²) in [6.07, 6.45) is 10.1. The lowest BCUT2D eigenvalue weighted by Gasteiger charge is -2.17. The van der Waals surface area contributed by atoms with Gasteiger partial charge in [-0.15, -0.1) is 0 Å². The molecule has 2 aromatic rings. The number of unbranched alkanes of at least 4 members (excludes halogenated alkanes) is 6. The molecule has 6 nitrogen and oxygen atoms in total. The molecule has 0 bridgehead atoms. The SMILES string of the molecule is CCCCCCCCCOCC(O)CN[C@@H](Cc1c[nH]c2ccccc12)C(=O)O. The van der Waals surface area contributed by atoms with E-state index in [1.165, 1.54) is 32.1 Å². The van der Waals surface area contributed by atoms with E-state index in [0.29, 0.717) is 13.0 Å². The third kappa shape index (κ3) is 8.56. The molecule has 4 N–H and O–H groups in total. The van der Waals surface area contributed by atoms with Gasteiger partial charge < -0.3 is 25.3 Å². The van der Waals surface area contributed by atoms with Gasteiger partial charge in [-0.05, 0) is 18.1 Å². The van der Waals surface area contributed by atoms with E-state index >= 15 is 0 Å². The second-order valence-electron chi connectivity index (χ2n) is 7.71. The summed E-state index contributed by atoms with van der Waals surface area (Å²) in [4.78, 5) is 14.8. The fourth-order valence-electron chi connectivity index (χ4n) is 3.49. The van der Waals surface area contributed by atoms with Gasteiger partial charge in [-0.2, -0.15) is 0 Å². The van der Waals surface area contributed by atoms with Crippen LogP contribution >= 0.6 is 0 Å². The van der Waals surface area contributed by atoms with E-state index in [-0.39, 0.29) is 13.2 Å². The second kappa shape index (κ2) is 13.4. The number of hydrogen-bond donors (Lipinski definition) is 4. The first kappa shape index (κ1) is 23.4. The first-order valence-electron chi connectivity index (χ1n) is 10.9. The standard InChI is InChI=1S/C23H36N2O4/c1-2-3-4-5-6-7-10-13-29-17-19(26)16-25-22(23(27)28)14-18-15-24-21-12-9-8-11-20(18)21/h8-9,11-12,15,19,22,24-26H,2-7,10,13-14,16-17H2,1H3,(H,27,28)/t19?,22-/m0/s1. The molecule has 1 unspecified atom stereocenters. The number of H-pyrrole nitrogens is 1. The van der Waals surface area contributed by atoms with Gasteiger partial charge in [0.1, 0.15) is 6.04 Å². The van der Waals surface area contributed by atoms with Gasteiger partial charge in [-0.1, -0.05) is 63.6 Å². The molecule has 0 saturated carbocycles. The molecule has 0 fully saturated rings. The number of rotatable bonds is 16. The summed E-state index contributed by atoms with van der Waals surface area (Å²) in [6.45, 7) is 3.27. The van der Waals surface area contributed by atoms with Crippen LogP contribution in [0.4, 0.5) is 0 Å². The highest BCUT2D eigenvalue weighted by atomic mass is 16.5. The Bertz CT molecular complexity index is 716.